The minimum atomic E-state index is -0.604. The Morgan fingerprint density at radius 3 is 2.79 bits per heavy atom. The molecule has 1 fully saturated rings. The van der Waals surface area contributed by atoms with Crippen LogP contribution in [0.25, 0.3) is 0 Å². The fourth-order valence-electron chi connectivity index (χ4n) is 5.34. The van der Waals surface area contributed by atoms with Crippen molar-refractivity contribution in [3.8, 4) is 5.75 Å². The number of amides is 2. The molecule has 0 spiro atoms. The summed E-state index contributed by atoms with van der Waals surface area (Å²) in [6.07, 6.45) is 1.23. The maximum absolute atomic E-state index is 13.0. The second-order valence-electron chi connectivity index (χ2n) is 8.69. The van der Waals surface area contributed by atoms with Crippen LogP contribution in [0.2, 0.25) is 0 Å². The van der Waals surface area contributed by atoms with Gasteiger partial charge in [0.2, 0.25) is 0 Å². The van der Waals surface area contributed by atoms with Crippen LogP contribution in [0.1, 0.15) is 31.2 Å². The number of hydrogen-bond acceptors (Lipinski definition) is 6. The molecule has 8 heteroatoms. The average molecular weight is 454 g/mol. The van der Waals surface area contributed by atoms with E-state index in [0.717, 1.165) is 38.2 Å². The number of piperidine rings is 1. The van der Waals surface area contributed by atoms with E-state index in [1.165, 1.54) is 22.6 Å². The molecule has 1 saturated heterocycles. The topological polar surface area (TPSA) is 62.3 Å². The van der Waals surface area contributed by atoms with E-state index in [9.17, 15) is 14.0 Å². The van der Waals surface area contributed by atoms with Crippen LogP contribution in [0.3, 0.4) is 0 Å². The van der Waals surface area contributed by atoms with Crippen LogP contribution in [0.4, 0.5) is 20.6 Å². The molecule has 5 rings (SSSR count). The minimum Gasteiger partial charge on any atom is -0.494 e. The lowest BCUT2D eigenvalue weighted by atomic mass is 9.89. The summed E-state index contributed by atoms with van der Waals surface area (Å²) in [5.74, 6) is 0.466. The summed E-state index contributed by atoms with van der Waals surface area (Å²) < 4.78 is 23.9. The van der Waals surface area contributed by atoms with Crippen molar-refractivity contribution >= 4 is 23.4 Å². The van der Waals surface area contributed by atoms with Gasteiger partial charge >= 0.3 is 6.09 Å². The first-order chi connectivity index (χ1) is 16.1. The van der Waals surface area contributed by atoms with Crippen LogP contribution in [0, 0.1) is 5.82 Å². The van der Waals surface area contributed by atoms with Crippen molar-refractivity contribution in [2.24, 2.45) is 0 Å². The maximum atomic E-state index is 13.0. The lowest BCUT2D eigenvalue weighted by molar-refractivity contribution is -0.117. The third kappa shape index (κ3) is 4.04. The molecule has 33 heavy (non-hydrogen) atoms. The molecule has 2 aromatic rings. The second-order valence-corrected chi connectivity index (χ2v) is 8.69. The number of anilines is 2. The van der Waals surface area contributed by atoms with Gasteiger partial charge in [-0.1, -0.05) is 12.1 Å². The van der Waals surface area contributed by atoms with Gasteiger partial charge in [-0.2, -0.15) is 0 Å². The van der Waals surface area contributed by atoms with Gasteiger partial charge in [0.25, 0.3) is 5.91 Å². The van der Waals surface area contributed by atoms with Gasteiger partial charge in [-0.3, -0.25) is 4.79 Å². The van der Waals surface area contributed by atoms with Gasteiger partial charge in [0.05, 0.1) is 31.1 Å². The third-order valence-corrected chi connectivity index (χ3v) is 6.74. The van der Waals surface area contributed by atoms with Crippen molar-refractivity contribution in [3.05, 3.63) is 53.8 Å². The van der Waals surface area contributed by atoms with Crippen molar-refractivity contribution in [3.63, 3.8) is 0 Å². The number of para-hydroxylation sites is 1. The summed E-state index contributed by atoms with van der Waals surface area (Å²) in [4.78, 5) is 31.2. The van der Waals surface area contributed by atoms with E-state index in [1.807, 2.05) is 12.1 Å². The van der Waals surface area contributed by atoms with E-state index in [-0.39, 0.29) is 30.9 Å². The summed E-state index contributed by atoms with van der Waals surface area (Å²) >= 11 is 0. The number of ether oxygens (including phenoxy) is 2. The Hall–Kier alpha value is -3.13. The number of fused-ring (bicyclic) bond motifs is 3. The van der Waals surface area contributed by atoms with Crippen LogP contribution < -0.4 is 14.5 Å². The Kier molecular flexibility index (Phi) is 5.93. The molecule has 7 nitrogen and oxygen atoms in total. The fraction of sp³-hybridized carbons (Fsp3) is 0.440. The number of carbonyl (C=O) groups is 2. The van der Waals surface area contributed by atoms with Gasteiger partial charge in [-0.25, -0.2) is 14.1 Å². The highest BCUT2D eigenvalue weighted by atomic mass is 19.1. The zero-order chi connectivity index (χ0) is 22.9. The standard InChI is InChI=1S/C25H28FN3O4/c1-2-32-25(31)29-22-6-3-5-19-20-15-27(12-4-14-33-18-9-7-17(26)8-10-18)13-11-21(20)28(24(19)22)16-23(29)30/h3,5-10,20-21H,2,4,11-16H2,1H3/t20-,21-/m0/s1. The van der Waals surface area contributed by atoms with E-state index in [1.54, 1.807) is 19.1 Å². The quantitative estimate of drug-likeness (QED) is 0.621. The Morgan fingerprint density at radius 1 is 1.18 bits per heavy atom. The zero-order valence-corrected chi connectivity index (χ0v) is 18.7. The molecule has 2 amide bonds. The molecule has 0 radical (unpaired) electrons. The molecule has 0 aromatic heterocycles. The predicted molar refractivity (Wildman–Crippen MR) is 122 cm³/mol. The molecular weight excluding hydrogens is 425 g/mol. The Morgan fingerprint density at radius 2 is 2.00 bits per heavy atom. The summed E-state index contributed by atoms with van der Waals surface area (Å²) in [5.41, 5.74) is 2.84. The molecule has 3 aliphatic heterocycles. The van der Waals surface area contributed by atoms with E-state index < -0.39 is 6.09 Å². The Balaban J connectivity index is 1.25. The molecule has 2 aromatic carbocycles. The first-order valence-corrected chi connectivity index (χ1v) is 11.6. The number of halogens is 1. The summed E-state index contributed by atoms with van der Waals surface area (Å²) in [6, 6.07) is 12.2. The average Bonchev–Trinajstić information content (AvgIpc) is 3.12. The fourth-order valence-corrected chi connectivity index (χ4v) is 5.34. The van der Waals surface area contributed by atoms with Gasteiger partial charge in [-0.15, -0.1) is 0 Å². The van der Waals surface area contributed by atoms with E-state index in [0.29, 0.717) is 24.0 Å². The monoisotopic (exact) mass is 453 g/mol. The summed E-state index contributed by atoms with van der Waals surface area (Å²) in [5, 5.41) is 0. The molecule has 0 aliphatic carbocycles. The van der Waals surface area contributed by atoms with E-state index in [4.69, 9.17) is 9.47 Å². The molecule has 0 saturated carbocycles. The number of carbonyl (C=O) groups excluding carboxylic acids is 2. The van der Waals surface area contributed by atoms with Gasteiger partial charge in [0.1, 0.15) is 11.6 Å². The molecule has 2 atom stereocenters. The first kappa shape index (κ1) is 21.7. The third-order valence-electron chi connectivity index (χ3n) is 6.74. The number of benzene rings is 2. The van der Waals surface area contributed by atoms with Gasteiger partial charge in [0.15, 0.2) is 0 Å². The van der Waals surface area contributed by atoms with Crippen LogP contribution in [-0.4, -0.2) is 62.3 Å². The normalized spacial score (nSPS) is 21.6. The predicted octanol–water partition coefficient (Wildman–Crippen LogP) is 3.78. The molecule has 174 valence electrons. The van der Waals surface area contributed by atoms with Crippen molar-refractivity contribution in [1.29, 1.82) is 0 Å². The number of imide groups is 1. The number of likely N-dealkylation sites (tertiary alicyclic amines) is 1. The van der Waals surface area contributed by atoms with Gasteiger partial charge < -0.3 is 19.3 Å². The maximum Gasteiger partial charge on any atom is 0.421 e. The Labute approximate surface area is 192 Å². The minimum absolute atomic E-state index is 0.204. The number of hydrogen-bond donors (Lipinski definition) is 0. The molecule has 3 aliphatic rings. The Bertz CT molecular complexity index is 1040. The lowest BCUT2D eigenvalue weighted by Gasteiger charge is -2.40. The van der Waals surface area contributed by atoms with Crippen molar-refractivity contribution in [2.45, 2.75) is 31.7 Å². The highest BCUT2D eigenvalue weighted by Crippen LogP contribution is 2.51. The molecule has 3 heterocycles. The first-order valence-electron chi connectivity index (χ1n) is 11.6. The van der Waals surface area contributed by atoms with Crippen molar-refractivity contribution < 1.29 is 23.5 Å². The number of rotatable bonds is 6. The lowest BCUT2D eigenvalue weighted by Crippen LogP contribution is -2.53. The van der Waals surface area contributed by atoms with Crippen LogP contribution in [0.15, 0.2) is 42.5 Å². The highest BCUT2D eigenvalue weighted by Gasteiger charge is 2.48. The second kappa shape index (κ2) is 9.02. The van der Waals surface area contributed by atoms with Crippen LogP contribution in [-0.2, 0) is 9.53 Å². The van der Waals surface area contributed by atoms with Crippen molar-refractivity contribution in [1.82, 2.24) is 4.90 Å². The van der Waals surface area contributed by atoms with E-state index in [2.05, 4.69) is 15.9 Å². The SMILES string of the molecule is CCOC(=O)N1C(=O)CN2c3c(cccc31)[C@@H]1CN(CCCOc3ccc(F)cc3)CC[C@@H]12. The summed E-state index contributed by atoms with van der Waals surface area (Å²) in [6.45, 7) is 5.51. The van der Waals surface area contributed by atoms with Crippen molar-refractivity contribution in [2.75, 3.05) is 49.2 Å². The highest BCUT2D eigenvalue weighted by molar-refractivity contribution is 6.18. The number of nitrogens with zero attached hydrogens (tertiary/aromatic N) is 3. The van der Waals surface area contributed by atoms with E-state index >= 15 is 0 Å². The smallest absolute Gasteiger partial charge is 0.421 e. The zero-order valence-electron chi connectivity index (χ0n) is 18.7. The van der Waals surface area contributed by atoms with Crippen LogP contribution in [0.5, 0.6) is 5.75 Å². The molecule has 0 bridgehead atoms. The summed E-state index contributed by atoms with van der Waals surface area (Å²) in [7, 11) is 0. The van der Waals surface area contributed by atoms with Gasteiger partial charge in [-0.05, 0) is 55.7 Å². The molecular formula is C25H28FN3O4. The largest absolute Gasteiger partial charge is 0.494 e. The van der Waals surface area contributed by atoms with Gasteiger partial charge in [0, 0.05) is 31.6 Å². The molecule has 0 unspecified atom stereocenters. The molecule has 0 N–H and O–H groups in total. The van der Waals surface area contributed by atoms with Crippen LogP contribution >= 0.6 is 0 Å².